The summed E-state index contributed by atoms with van der Waals surface area (Å²) in [6.07, 6.45) is 0. The lowest BCUT2D eigenvalue weighted by Crippen LogP contribution is -2.09. The molecule has 0 aliphatic heterocycles. The summed E-state index contributed by atoms with van der Waals surface area (Å²) in [7, 11) is 0. The van der Waals surface area contributed by atoms with Crippen LogP contribution in [0.4, 0.5) is 17.1 Å². The third-order valence-corrected chi connectivity index (χ3v) is 12.5. The van der Waals surface area contributed by atoms with Crippen LogP contribution in [0.25, 0.3) is 91.5 Å². The fourth-order valence-corrected chi connectivity index (χ4v) is 10.1. The summed E-state index contributed by atoms with van der Waals surface area (Å²) in [6, 6.07) is 70.3. The Bertz CT molecular complexity index is 3480. The van der Waals surface area contributed by atoms with E-state index in [2.05, 4.69) is 198 Å². The molecule has 3 aromatic heterocycles. The standard InChI is InChI=1S/C52H32N2OS/c1-3-14-33(15-4-1)42-30-34-16-7-8-19-38(34)52-50(42)43-31-36(27-29-44(43)54(52)45-22-13-24-47-51(45)41-21-9-11-23-46(41)55-47)53(35-17-5-2-6-18-35)37-26-28-40-39-20-10-12-25-48(39)56-49(40)32-37/h1-32H. The summed E-state index contributed by atoms with van der Waals surface area (Å²) in [6.45, 7) is 0. The normalized spacial score (nSPS) is 11.9. The summed E-state index contributed by atoms with van der Waals surface area (Å²) in [5.74, 6) is 0. The van der Waals surface area contributed by atoms with E-state index in [0.29, 0.717) is 0 Å². The van der Waals surface area contributed by atoms with Gasteiger partial charge in [0.2, 0.25) is 0 Å². The molecular weight excluding hydrogens is 701 g/mol. The number of fused-ring (bicyclic) bond motifs is 11. The van der Waals surface area contributed by atoms with E-state index in [4.69, 9.17) is 4.42 Å². The molecule has 0 aliphatic rings. The number of hydrogen-bond donors (Lipinski definition) is 0. The van der Waals surface area contributed by atoms with E-state index >= 15 is 0 Å². The molecule has 3 heterocycles. The highest BCUT2D eigenvalue weighted by Crippen LogP contribution is 2.47. The minimum Gasteiger partial charge on any atom is -0.456 e. The highest BCUT2D eigenvalue weighted by atomic mass is 32.1. The molecule has 3 nitrogen and oxygen atoms in total. The van der Waals surface area contributed by atoms with Crippen LogP contribution in [0.3, 0.4) is 0 Å². The van der Waals surface area contributed by atoms with Gasteiger partial charge >= 0.3 is 0 Å². The molecule has 9 aromatic carbocycles. The van der Waals surface area contributed by atoms with Gasteiger partial charge in [0.15, 0.2) is 0 Å². The van der Waals surface area contributed by atoms with Crippen LogP contribution >= 0.6 is 11.3 Å². The van der Waals surface area contributed by atoms with Crippen molar-refractivity contribution >= 4 is 103 Å². The van der Waals surface area contributed by atoms with Crippen molar-refractivity contribution in [2.75, 3.05) is 4.90 Å². The number of para-hydroxylation sites is 2. The molecule has 12 rings (SSSR count). The maximum Gasteiger partial charge on any atom is 0.137 e. The Morgan fingerprint density at radius 3 is 1.98 bits per heavy atom. The zero-order valence-corrected chi connectivity index (χ0v) is 31.0. The van der Waals surface area contributed by atoms with Gasteiger partial charge in [-0.3, -0.25) is 0 Å². The predicted octanol–water partition coefficient (Wildman–Crippen LogP) is 15.3. The third kappa shape index (κ3) is 4.63. The lowest BCUT2D eigenvalue weighted by atomic mass is 9.95. The second kappa shape index (κ2) is 12.2. The first-order valence-electron chi connectivity index (χ1n) is 19.0. The average molecular weight is 733 g/mol. The highest BCUT2D eigenvalue weighted by molar-refractivity contribution is 7.25. The van der Waals surface area contributed by atoms with Crippen molar-refractivity contribution in [2.24, 2.45) is 0 Å². The maximum absolute atomic E-state index is 6.47. The molecule has 4 heteroatoms. The monoisotopic (exact) mass is 732 g/mol. The number of furan rings is 1. The molecule has 0 saturated heterocycles. The van der Waals surface area contributed by atoms with Crippen LogP contribution < -0.4 is 4.90 Å². The lowest BCUT2D eigenvalue weighted by Gasteiger charge is -2.26. The van der Waals surface area contributed by atoms with Gasteiger partial charge in [0.1, 0.15) is 11.2 Å². The molecule has 56 heavy (non-hydrogen) atoms. The second-order valence-electron chi connectivity index (χ2n) is 14.5. The summed E-state index contributed by atoms with van der Waals surface area (Å²) in [5, 5.41) is 9.65. The number of anilines is 3. The van der Waals surface area contributed by atoms with Crippen molar-refractivity contribution in [3.05, 3.63) is 194 Å². The van der Waals surface area contributed by atoms with Gasteiger partial charge in [0.05, 0.1) is 22.1 Å². The third-order valence-electron chi connectivity index (χ3n) is 11.3. The van der Waals surface area contributed by atoms with Gasteiger partial charge in [-0.2, -0.15) is 0 Å². The Balaban J connectivity index is 1.21. The average Bonchev–Trinajstić information content (AvgIpc) is 3.94. The van der Waals surface area contributed by atoms with Crippen LogP contribution in [-0.4, -0.2) is 4.57 Å². The summed E-state index contributed by atoms with van der Waals surface area (Å²) >= 11 is 1.85. The molecule has 0 fully saturated rings. The SMILES string of the molecule is c1ccc(-c2cc3ccccc3c3c2c2cc(N(c4ccccc4)c4ccc5c(c4)sc4ccccc45)ccc2n3-c2cccc3oc4ccccc4c23)cc1. The Morgan fingerprint density at radius 2 is 1.11 bits per heavy atom. The fourth-order valence-electron chi connectivity index (χ4n) is 8.93. The Labute approximate surface area is 326 Å². The Kier molecular flexibility index (Phi) is 6.80. The number of nitrogens with zero attached hydrogens (tertiary/aromatic N) is 2. The molecule has 0 N–H and O–H groups in total. The topological polar surface area (TPSA) is 21.3 Å². The molecule has 0 unspecified atom stereocenters. The van der Waals surface area contributed by atoms with E-state index in [0.717, 1.165) is 50.2 Å². The Hall–Kier alpha value is -7.14. The minimum atomic E-state index is 0.880. The second-order valence-corrected chi connectivity index (χ2v) is 15.6. The van der Waals surface area contributed by atoms with Crippen molar-refractivity contribution in [1.82, 2.24) is 4.57 Å². The summed E-state index contributed by atoms with van der Waals surface area (Å²) < 4.78 is 11.5. The summed E-state index contributed by atoms with van der Waals surface area (Å²) in [5.41, 5.74) is 10.9. The van der Waals surface area contributed by atoms with Gasteiger partial charge in [-0.1, -0.05) is 121 Å². The van der Waals surface area contributed by atoms with Crippen molar-refractivity contribution < 1.29 is 4.42 Å². The molecule has 0 atom stereocenters. The first-order valence-corrected chi connectivity index (χ1v) is 19.8. The van der Waals surface area contributed by atoms with Crippen LogP contribution in [0.2, 0.25) is 0 Å². The van der Waals surface area contributed by atoms with Gasteiger partial charge in [-0.15, -0.1) is 11.3 Å². The number of rotatable bonds is 5. The number of hydrogen-bond acceptors (Lipinski definition) is 3. The van der Waals surface area contributed by atoms with Gasteiger partial charge in [-0.05, 0) is 89.3 Å². The molecular formula is C52H32N2OS. The smallest absolute Gasteiger partial charge is 0.137 e. The molecule has 262 valence electrons. The van der Waals surface area contributed by atoms with Crippen LogP contribution in [-0.2, 0) is 0 Å². The zero-order chi connectivity index (χ0) is 36.7. The van der Waals surface area contributed by atoms with E-state index < -0.39 is 0 Å². The largest absolute Gasteiger partial charge is 0.456 e. The molecule has 0 aliphatic carbocycles. The number of aromatic nitrogens is 1. The van der Waals surface area contributed by atoms with Gasteiger partial charge < -0.3 is 13.9 Å². The van der Waals surface area contributed by atoms with Gasteiger partial charge in [0.25, 0.3) is 0 Å². The molecule has 0 bridgehead atoms. The molecule has 0 spiro atoms. The molecule has 0 saturated carbocycles. The van der Waals surface area contributed by atoms with Gasteiger partial charge in [0, 0.05) is 58.8 Å². The lowest BCUT2D eigenvalue weighted by molar-refractivity contribution is 0.669. The van der Waals surface area contributed by atoms with Crippen LogP contribution in [0.5, 0.6) is 0 Å². The molecule has 0 radical (unpaired) electrons. The van der Waals surface area contributed by atoms with Crippen LogP contribution in [0.15, 0.2) is 199 Å². The first kappa shape index (κ1) is 31.2. The van der Waals surface area contributed by atoms with Crippen molar-refractivity contribution in [3.63, 3.8) is 0 Å². The first-order chi connectivity index (χ1) is 27.8. The van der Waals surface area contributed by atoms with Crippen molar-refractivity contribution in [2.45, 2.75) is 0 Å². The van der Waals surface area contributed by atoms with E-state index in [1.807, 2.05) is 17.4 Å². The van der Waals surface area contributed by atoms with Crippen molar-refractivity contribution in [3.8, 4) is 16.8 Å². The summed E-state index contributed by atoms with van der Waals surface area (Å²) in [4.78, 5) is 2.40. The minimum absolute atomic E-state index is 0.880. The maximum atomic E-state index is 6.47. The highest BCUT2D eigenvalue weighted by Gasteiger charge is 2.24. The predicted molar refractivity (Wildman–Crippen MR) is 239 cm³/mol. The number of thiophene rings is 1. The van der Waals surface area contributed by atoms with Crippen LogP contribution in [0, 0.1) is 0 Å². The zero-order valence-electron chi connectivity index (χ0n) is 30.2. The van der Waals surface area contributed by atoms with Gasteiger partial charge in [-0.25, -0.2) is 0 Å². The number of benzene rings is 9. The Morgan fingerprint density at radius 1 is 0.429 bits per heavy atom. The quantitative estimate of drug-likeness (QED) is 0.176. The van der Waals surface area contributed by atoms with E-state index in [-0.39, 0.29) is 0 Å². The van der Waals surface area contributed by atoms with E-state index in [1.165, 1.54) is 58.4 Å². The van der Waals surface area contributed by atoms with E-state index in [9.17, 15) is 0 Å². The van der Waals surface area contributed by atoms with Crippen molar-refractivity contribution in [1.29, 1.82) is 0 Å². The van der Waals surface area contributed by atoms with E-state index in [1.54, 1.807) is 0 Å². The fraction of sp³-hybridized carbons (Fsp3) is 0. The van der Waals surface area contributed by atoms with Crippen LogP contribution in [0.1, 0.15) is 0 Å². The molecule has 12 aromatic rings. The molecule has 0 amide bonds.